The smallest absolute Gasteiger partial charge is 0.252 e. The molecular weight excluding hydrogens is 456 g/mol. The predicted octanol–water partition coefficient (Wildman–Crippen LogP) is 4.69. The molecule has 1 aromatic carbocycles. The maximum absolute atomic E-state index is 13.3. The van der Waals surface area contributed by atoms with Gasteiger partial charge in [0.2, 0.25) is 0 Å². The lowest BCUT2D eigenvalue weighted by Crippen LogP contribution is -2.39. The molecule has 0 unspecified atom stereocenters. The van der Waals surface area contributed by atoms with E-state index >= 15 is 0 Å². The standard InChI is InChI=1S/C27H36N6O3/c1-2-23(26-29-30-31-33(26)21-10-4-3-5-11-21)32(20-8-6-7-9-20)17-19-14-18-15-24-25(36-13-12-35-24)16-22(18)28-27(19)34/h14-16,20-21,23H,2-13,17H2,1H3,(H,28,34)/t23-/m0/s1. The Morgan fingerprint density at radius 1 is 1.03 bits per heavy atom. The zero-order chi connectivity index (χ0) is 24.5. The summed E-state index contributed by atoms with van der Waals surface area (Å²) in [7, 11) is 0. The van der Waals surface area contributed by atoms with E-state index in [9.17, 15) is 4.79 Å². The van der Waals surface area contributed by atoms with Crippen molar-refractivity contribution in [2.24, 2.45) is 0 Å². The molecule has 0 bridgehead atoms. The van der Waals surface area contributed by atoms with Gasteiger partial charge in [-0.15, -0.1) is 5.10 Å². The highest BCUT2D eigenvalue weighted by molar-refractivity contribution is 5.83. The molecule has 1 aliphatic heterocycles. The van der Waals surface area contributed by atoms with Gasteiger partial charge < -0.3 is 14.5 Å². The summed E-state index contributed by atoms with van der Waals surface area (Å²) in [5.41, 5.74) is 1.49. The average Bonchev–Trinajstić information content (AvgIpc) is 3.61. The minimum absolute atomic E-state index is 0.0519. The molecule has 9 heteroatoms. The SMILES string of the molecule is CC[C@@H](c1nnnn1C1CCCCC1)N(Cc1cc2cc3c(cc2[nH]c1=O)OCCO3)C1CCCC1. The Hall–Kier alpha value is -2.94. The van der Waals surface area contributed by atoms with Crippen LogP contribution in [0.25, 0.3) is 10.9 Å². The fraction of sp³-hybridized carbons (Fsp3) is 0.630. The van der Waals surface area contributed by atoms with Crippen LogP contribution < -0.4 is 15.0 Å². The number of fused-ring (bicyclic) bond motifs is 2. The van der Waals surface area contributed by atoms with Gasteiger partial charge in [-0.2, -0.15) is 0 Å². The van der Waals surface area contributed by atoms with Crippen LogP contribution >= 0.6 is 0 Å². The van der Waals surface area contributed by atoms with E-state index in [1.807, 2.05) is 18.2 Å². The van der Waals surface area contributed by atoms with E-state index in [0.717, 1.165) is 60.1 Å². The van der Waals surface area contributed by atoms with Gasteiger partial charge in [-0.05, 0) is 54.7 Å². The summed E-state index contributed by atoms with van der Waals surface area (Å²) < 4.78 is 13.6. The van der Waals surface area contributed by atoms with Crippen LogP contribution in [0.2, 0.25) is 0 Å². The Labute approximate surface area is 211 Å². The van der Waals surface area contributed by atoms with Gasteiger partial charge in [-0.3, -0.25) is 9.69 Å². The second kappa shape index (κ2) is 10.2. The molecule has 0 saturated heterocycles. The van der Waals surface area contributed by atoms with Gasteiger partial charge in [0, 0.05) is 29.6 Å². The third kappa shape index (κ3) is 4.49. The first kappa shape index (κ1) is 23.5. The highest BCUT2D eigenvalue weighted by Gasteiger charge is 2.34. The molecule has 2 aromatic heterocycles. The first-order valence-electron chi connectivity index (χ1n) is 13.7. The van der Waals surface area contributed by atoms with Gasteiger partial charge >= 0.3 is 0 Å². The second-order valence-electron chi connectivity index (χ2n) is 10.5. The van der Waals surface area contributed by atoms with Gasteiger partial charge in [0.1, 0.15) is 13.2 Å². The van der Waals surface area contributed by atoms with Crippen LogP contribution in [0.15, 0.2) is 23.0 Å². The maximum Gasteiger partial charge on any atom is 0.252 e. The van der Waals surface area contributed by atoms with Crippen molar-refractivity contribution >= 4 is 10.9 Å². The molecule has 3 heterocycles. The number of ether oxygens (including phenoxy) is 2. The molecule has 1 atom stereocenters. The molecule has 0 spiro atoms. The van der Waals surface area contributed by atoms with Crippen LogP contribution in [0.5, 0.6) is 11.5 Å². The summed E-state index contributed by atoms with van der Waals surface area (Å²) in [5.74, 6) is 2.37. The largest absolute Gasteiger partial charge is 0.486 e. The Bertz CT molecular complexity index is 1260. The van der Waals surface area contributed by atoms with Crippen molar-refractivity contribution in [3.05, 3.63) is 39.9 Å². The number of hydrogen-bond donors (Lipinski definition) is 1. The van der Waals surface area contributed by atoms with Crippen molar-refractivity contribution in [1.82, 2.24) is 30.1 Å². The Morgan fingerprint density at radius 2 is 1.75 bits per heavy atom. The molecule has 3 aromatic rings. The number of nitrogens with one attached hydrogen (secondary N) is 1. The van der Waals surface area contributed by atoms with Crippen LogP contribution in [0.4, 0.5) is 0 Å². The third-order valence-electron chi connectivity index (χ3n) is 8.25. The van der Waals surface area contributed by atoms with Crippen LogP contribution in [0, 0.1) is 0 Å². The molecule has 192 valence electrons. The molecule has 36 heavy (non-hydrogen) atoms. The highest BCUT2D eigenvalue weighted by Crippen LogP contribution is 2.37. The summed E-state index contributed by atoms with van der Waals surface area (Å²) in [6, 6.07) is 6.73. The third-order valence-corrected chi connectivity index (χ3v) is 8.25. The molecule has 0 radical (unpaired) electrons. The van der Waals surface area contributed by atoms with Crippen LogP contribution in [0.1, 0.15) is 94.6 Å². The molecule has 3 aliphatic rings. The van der Waals surface area contributed by atoms with Gasteiger partial charge in [0.15, 0.2) is 17.3 Å². The van der Waals surface area contributed by atoms with Crippen molar-refractivity contribution in [1.29, 1.82) is 0 Å². The molecule has 2 saturated carbocycles. The molecule has 6 rings (SSSR count). The van der Waals surface area contributed by atoms with E-state index in [1.54, 1.807) is 0 Å². The van der Waals surface area contributed by atoms with Crippen molar-refractivity contribution < 1.29 is 9.47 Å². The quantitative estimate of drug-likeness (QED) is 0.511. The van der Waals surface area contributed by atoms with Crippen molar-refractivity contribution in [2.75, 3.05) is 13.2 Å². The van der Waals surface area contributed by atoms with Gasteiger partial charge in [0.05, 0.1) is 17.6 Å². The van der Waals surface area contributed by atoms with E-state index in [-0.39, 0.29) is 11.6 Å². The minimum Gasteiger partial charge on any atom is -0.486 e. The second-order valence-corrected chi connectivity index (χ2v) is 10.5. The van der Waals surface area contributed by atoms with Gasteiger partial charge in [-0.1, -0.05) is 39.0 Å². The Morgan fingerprint density at radius 3 is 2.50 bits per heavy atom. The van der Waals surface area contributed by atoms with Crippen molar-refractivity contribution in [3.63, 3.8) is 0 Å². The van der Waals surface area contributed by atoms with E-state index in [0.29, 0.717) is 37.6 Å². The number of H-pyrrole nitrogens is 1. The van der Waals surface area contributed by atoms with Crippen LogP contribution in [-0.2, 0) is 6.54 Å². The number of pyridine rings is 1. The maximum atomic E-state index is 13.3. The van der Waals surface area contributed by atoms with E-state index in [2.05, 4.69) is 37.0 Å². The lowest BCUT2D eigenvalue weighted by Gasteiger charge is -2.36. The van der Waals surface area contributed by atoms with Crippen molar-refractivity contribution in [3.8, 4) is 11.5 Å². The molecule has 9 nitrogen and oxygen atoms in total. The summed E-state index contributed by atoms with van der Waals surface area (Å²) >= 11 is 0. The minimum atomic E-state index is -0.0519. The predicted molar refractivity (Wildman–Crippen MR) is 136 cm³/mol. The zero-order valence-corrected chi connectivity index (χ0v) is 21.1. The topological polar surface area (TPSA) is 98.2 Å². The number of nitrogens with zero attached hydrogens (tertiary/aromatic N) is 5. The summed E-state index contributed by atoms with van der Waals surface area (Å²) in [5, 5.41) is 14.1. The number of benzene rings is 1. The average molecular weight is 493 g/mol. The number of tetrazole rings is 1. The molecule has 1 N–H and O–H groups in total. The number of aromatic amines is 1. The van der Waals surface area contributed by atoms with Gasteiger partial charge in [0.25, 0.3) is 5.56 Å². The van der Waals surface area contributed by atoms with E-state index < -0.39 is 0 Å². The number of aromatic nitrogens is 5. The van der Waals surface area contributed by atoms with Crippen LogP contribution in [-0.4, -0.2) is 49.3 Å². The number of rotatable bonds is 7. The fourth-order valence-corrected chi connectivity index (χ4v) is 6.40. The Kier molecular flexibility index (Phi) is 6.65. The monoisotopic (exact) mass is 492 g/mol. The van der Waals surface area contributed by atoms with Gasteiger partial charge in [-0.25, -0.2) is 4.68 Å². The summed E-state index contributed by atoms with van der Waals surface area (Å²) in [6.45, 7) is 3.84. The normalized spacial score (nSPS) is 19.8. The fourth-order valence-electron chi connectivity index (χ4n) is 6.40. The molecule has 2 aliphatic carbocycles. The van der Waals surface area contributed by atoms with Crippen molar-refractivity contribution in [2.45, 2.75) is 95.8 Å². The molecular formula is C27H36N6O3. The molecule has 0 amide bonds. The first-order chi connectivity index (χ1) is 17.7. The van der Waals surface area contributed by atoms with E-state index in [1.165, 1.54) is 32.1 Å². The lowest BCUT2D eigenvalue weighted by molar-refractivity contribution is 0.109. The van der Waals surface area contributed by atoms with Crippen LogP contribution in [0.3, 0.4) is 0 Å². The van der Waals surface area contributed by atoms with E-state index in [4.69, 9.17) is 9.47 Å². The number of hydrogen-bond acceptors (Lipinski definition) is 7. The summed E-state index contributed by atoms with van der Waals surface area (Å²) in [6.07, 6.45) is 11.7. The zero-order valence-electron chi connectivity index (χ0n) is 21.1. The first-order valence-corrected chi connectivity index (χ1v) is 13.7. The molecule has 2 fully saturated rings. The Balaban J connectivity index is 1.35. The lowest BCUT2D eigenvalue weighted by atomic mass is 9.95. The summed E-state index contributed by atoms with van der Waals surface area (Å²) in [4.78, 5) is 18.9. The highest BCUT2D eigenvalue weighted by atomic mass is 16.6.